The maximum atomic E-state index is 3.70. The van der Waals surface area contributed by atoms with Gasteiger partial charge in [0.2, 0.25) is 0 Å². The van der Waals surface area contributed by atoms with Gasteiger partial charge < -0.3 is 17.0 Å². The van der Waals surface area contributed by atoms with E-state index >= 15 is 0 Å². The van der Waals surface area contributed by atoms with Crippen LogP contribution in [0, 0.1) is 6.92 Å². The van der Waals surface area contributed by atoms with Crippen molar-refractivity contribution < 1.29 is 17.0 Å². The van der Waals surface area contributed by atoms with Crippen molar-refractivity contribution in [2.45, 2.75) is 33.6 Å². The predicted molar refractivity (Wildman–Crippen MR) is 53.5 cm³/mol. The number of hydrogen-bond donors (Lipinski definition) is 0. The molecule has 2 heteroatoms. The van der Waals surface area contributed by atoms with Gasteiger partial charge >= 0.3 is 23.1 Å². The van der Waals surface area contributed by atoms with Crippen LogP contribution >= 0.6 is 0 Å². The van der Waals surface area contributed by atoms with Crippen molar-refractivity contribution >= 4 is 23.1 Å². The third-order valence-electron chi connectivity index (χ3n) is 1.44. The first-order valence-electron chi connectivity index (χ1n) is 3.75. The van der Waals surface area contributed by atoms with Crippen molar-refractivity contribution in [2.24, 2.45) is 0 Å². The molecular weight excluding hydrogens is 224 g/mol. The molecule has 0 spiro atoms. The monoisotopic (exact) mass is 240 g/mol. The maximum absolute atomic E-state index is 3.70. The standard InChI is InChI=1S/C10H17.BrH.Mg/c1-5-10(4)8-6-7-9(2)3;;/h5,7H,1,6,8H2,2-4H3;1H;/q-1;;+2/p-1. The molecule has 0 rings (SSSR count). The van der Waals surface area contributed by atoms with Gasteiger partial charge in [-0.15, -0.1) is 6.92 Å². The minimum Gasteiger partial charge on any atom is -1.00 e. The van der Waals surface area contributed by atoms with Gasteiger partial charge in [0.05, 0.1) is 0 Å². The van der Waals surface area contributed by atoms with Crippen molar-refractivity contribution in [1.82, 2.24) is 0 Å². The molecule has 0 saturated heterocycles. The minimum atomic E-state index is 0. The summed E-state index contributed by atoms with van der Waals surface area (Å²) in [5.41, 5.74) is 2.77. The fourth-order valence-corrected chi connectivity index (χ4v) is 0.691. The van der Waals surface area contributed by atoms with E-state index in [-0.39, 0.29) is 40.0 Å². The van der Waals surface area contributed by atoms with Crippen LogP contribution in [0.4, 0.5) is 0 Å². The molecule has 0 aliphatic rings. The van der Waals surface area contributed by atoms with Crippen LogP contribution < -0.4 is 17.0 Å². The molecule has 0 aliphatic heterocycles. The molecule has 12 heavy (non-hydrogen) atoms. The Bertz CT molecular complexity index is 144. The average Bonchev–Trinajstić information content (AvgIpc) is 1.87. The minimum absolute atomic E-state index is 0. The molecule has 0 aliphatic carbocycles. The number of allylic oxidation sites excluding steroid dienone is 4. The van der Waals surface area contributed by atoms with Crippen LogP contribution in [0.3, 0.4) is 0 Å². The summed E-state index contributed by atoms with van der Waals surface area (Å²) in [5.74, 6) is 0. The average molecular weight is 241 g/mol. The van der Waals surface area contributed by atoms with E-state index in [1.807, 2.05) is 6.08 Å². The Hall–Kier alpha value is 0.596. The van der Waals surface area contributed by atoms with Crippen molar-refractivity contribution in [1.29, 1.82) is 0 Å². The van der Waals surface area contributed by atoms with Gasteiger partial charge in [0.15, 0.2) is 0 Å². The van der Waals surface area contributed by atoms with Crippen molar-refractivity contribution in [3.8, 4) is 0 Å². The Morgan fingerprint density at radius 3 is 2.08 bits per heavy atom. The molecule has 0 atom stereocenters. The predicted octanol–water partition coefficient (Wildman–Crippen LogP) is 0.136. The fraction of sp³-hybridized carbons (Fsp3) is 0.500. The van der Waals surface area contributed by atoms with Crippen molar-refractivity contribution in [2.75, 3.05) is 0 Å². The van der Waals surface area contributed by atoms with Gasteiger partial charge in [-0.3, -0.25) is 0 Å². The number of halogens is 1. The van der Waals surface area contributed by atoms with Crippen molar-refractivity contribution in [3.05, 3.63) is 30.2 Å². The zero-order chi connectivity index (χ0) is 7.98. The fourth-order valence-electron chi connectivity index (χ4n) is 0.691. The first-order chi connectivity index (χ1) is 4.66. The van der Waals surface area contributed by atoms with Crippen LogP contribution in [-0.2, 0) is 0 Å². The summed E-state index contributed by atoms with van der Waals surface area (Å²) >= 11 is 0. The summed E-state index contributed by atoms with van der Waals surface area (Å²) in [5, 5.41) is 0. The van der Waals surface area contributed by atoms with Gasteiger partial charge in [0.1, 0.15) is 0 Å². The topological polar surface area (TPSA) is 0 Å². The SMILES string of the molecule is [Br-].[CH2-]C=C(C)CCC=C(C)C.[Mg+2]. The van der Waals surface area contributed by atoms with Gasteiger partial charge in [-0.1, -0.05) is 18.1 Å². The van der Waals surface area contributed by atoms with E-state index < -0.39 is 0 Å². The molecule has 0 aromatic carbocycles. The molecule has 0 radical (unpaired) electrons. The Balaban J connectivity index is -0.000000405. The van der Waals surface area contributed by atoms with Crippen LogP contribution in [0.5, 0.6) is 0 Å². The van der Waals surface area contributed by atoms with Crippen LogP contribution in [0.1, 0.15) is 33.6 Å². The molecule has 0 nitrogen and oxygen atoms in total. The second-order valence-corrected chi connectivity index (χ2v) is 2.87. The van der Waals surface area contributed by atoms with Gasteiger partial charge in [0, 0.05) is 0 Å². The van der Waals surface area contributed by atoms with Gasteiger partial charge in [-0.2, -0.15) is 0 Å². The molecular formula is C10H17BrMg. The molecule has 0 saturated carbocycles. The zero-order valence-corrected chi connectivity index (χ0v) is 11.4. The van der Waals surface area contributed by atoms with Crippen LogP contribution in [0.2, 0.25) is 0 Å². The summed E-state index contributed by atoms with van der Waals surface area (Å²) in [6.45, 7) is 10.1. The molecule has 0 amide bonds. The second kappa shape index (κ2) is 11.6. The van der Waals surface area contributed by atoms with E-state index in [1.165, 1.54) is 11.1 Å². The van der Waals surface area contributed by atoms with Crippen LogP contribution in [-0.4, -0.2) is 23.1 Å². The Morgan fingerprint density at radius 2 is 1.75 bits per heavy atom. The third kappa shape index (κ3) is 13.2. The summed E-state index contributed by atoms with van der Waals surface area (Å²) in [6.07, 6.45) is 6.49. The zero-order valence-electron chi connectivity index (χ0n) is 8.36. The van der Waals surface area contributed by atoms with Crippen LogP contribution in [0.25, 0.3) is 0 Å². The van der Waals surface area contributed by atoms with Gasteiger partial charge in [-0.25, -0.2) is 18.6 Å². The Labute approximate surface area is 103 Å². The molecule has 0 bridgehead atoms. The van der Waals surface area contributed by atoms with E-state index in [0.717, 1.165) is 12.8 Å². The maximum Gasteiger partial charge on any atom is 2.00 e. The van der Waals surface area contributed by atoms with Crippen LogP contribution in [0.15, 0.2) is 23.3 Å². The number of rotatable bonds is 3. The van der Waals surface area contributed by atoms with E-state index in [9.17, 15) is 0 Å². The van der Waals surface area contributed by atoms with E-state index in [2.05, 4.69) is 33.8 Å². The molecule has 0 aromatic heterocycles. The second-order valence-electron chi connectivity index (χ2n) is 2.87. The molecule has 0 fully saturated rings. The Morgan fingerprint density at radius 1 is 1.25 bits per heavy atom. The largest absolute Gasteiger partial charge is 2.00 e. The summed E-state index contributed by atoms with van der Waals surface area (Å²) in [7, 11) is 0. The molecule has 0 unspecified atom stereocenters. The van der Waals surface area contributed by atoms with E-state index in [1.54, 1.807) is 0 Å². The molecule has 0 aromatic rings. The molecule has 0 heterocycles. The summed E-state index contributed by atoms with van der Waals surface area (Å²) in [4.78, 5) is 0. The van der Waals surface area contributed by atoms with Gasteiger partial charge in [-0.05, 0) is 20.3 Å². The first-order valence-corrected chi connectivity index (χ1v) is 3.75. The Kier molecular flexibility index (Phi) is 17.8. The molecule has 0 N–H and O–H groups in total. The smallest absolute Gasteiger partial charge is 1.00 e. The summed E-state index contributed by atoms with van der Waals surface area (Å²) < 4.78 is 0. The quantitative estimate of drug-likeness (QED) is 0.374. The number of hydrogen-bond acceptors (Lipinski definition) is 0. The van der Waals surface area contributed by atoms with E-state index in [0.29, 0.717) is 0 Å². The van der Waals surface area contributed by atoms with Crippen molar-refractivity contribution in [3.63, 3.8) is 0 Å². The van der Waals surface area contributed by atoms with Gasteiger partial charge in [0.25, 0.3) is 0 Å². The molecule has 66 valence electrons. The first kappa shape index (κ1) is 18.4. The third-order valence-corrected chi connectivity index (χ3v) is 1.44. The normalized spacial score (nSPS) is 9.42. The summed E-state index contributed by atoms with van der Waals surface area (Å²) in [6, 6.07) is 0. The van der Waals surface area contributed by atoms with E-state index in [4.69, 9.17) is 0 Å².